The number of fused-ring (bicyclic) bond motifs is 6. The standard InChI is InChI=1S/C19H18O3/c20-17-11-16-14(7-8-19(16)21-9-10-22-19)15-6-5-12-3-1-2-4-13(12)18(15)17/h1-6,14,16H,7-11H2/t14-,16-/m0/s1. The number of hydrogen-bond donors (Lipinski definition) is 0. The molecule has 112 valence electrons. The normalized spacial score (nSPS) is 29.0. The minimum absolute atomic E-state index is 0.177. The van der Waals surface area contributed by atoms with Crippen LogP contribution in [-0.4, -0.2) is 24.8 Å². The zero-order valence-electron chi connectivity index (χ0n) is 12.4. The van der Waals surface area contributed by atoms with Crippen LogP contribution in [0.1, 0.15) is 41.1 Å². The van der Waals surface area contributed by atoms with Crippen LogP contribution in [-0.2, 0) is 9.47 Å². The number of Topliss-reactive ketones (excluding diaryl/α,β-unsaturated/α-hetero) is 1. The summed E-state index contributed by atoms with van der Waals surface area (Å²) in [6.45, 7) is 1.31. The van der Waals surface area contributed by atoms with Gasteiger partial charge in [0.15, 0.2) is 11.6 Å². The lowest BCUT2D eigenvalue weighted by Gasteiger charge is -2.35. The first-order valence-electron chi connectivity index (χ1n) is 8.11. The molecule has 2 fully saturated rings. The third kappa shape index (κ3) is 1.56. The van der Waals surface area contributed by atoms with Gasteiger partial charge in [-0.1, -0.05) is 36.4 Å². The summed E-state index contributed by atoms with van der Waals surface area (Å²) < 4.78 is 11.9. The Bertz CT molecular complexity index is 773. The van der Waals surface area contributed by atoms with E-state index in [1.165, 1.54) is 5.56 Å². The molecule has 1 saturated heterocycles. The van der Waals surface area contributed by atoms with Crippen LogP contribution in [0.5, 0.6) is 0 Å². The predicted molar refractivity (Wildman–Crippen MR) is 83.0 cm³/mol. The summed E-state index contributed by atoms with van der Waals surface area (Å²) in [7, 11) is 0. The fourth-order valence-electron chi connectivity index (χ4n) is 4.76. The number of benzene rings is 2. The molecule has 0 aromatic heterocycles. The molecule has 1 saturated carbocycles. The van der Waals surface area contributed by atoms with E-state index in [-0.39, 0.29) is 11.7 Å². The zero-order chi connectivity index (χ0) is 14.7. The summed E-state index contributed by atoms with van der Waals surface area (Å²) >= 11 is 0. The van der Waals surface area contributed by atoms with Crippen LogP contribution in [0.25, 0.3) is 10.8 Å². The van der Waals surface area contributed by atoms with Gasteiger partial charge in [-0.15, -0.1) is 0 Å². The third-order valence-electron chi connectivity index (χ3n) is 5.68. The Hall–Kier alpha value is -1.71. The van der Waals surface area contributed by atoms with Crippen molar-refractivity contribution in [3.63, 3.8) is 0 Å². The molecule has 2 aromatic carbocycles. The monoisotopic (exact) mass is 294 g/mol. The molecule has 2 aromatic rings. The van der Waals surface area contributed by atoms with E-state index in [1.54, 1.807) is 0 Å². The Labute approximate surface area is 129 Å². The smallest absolute Gasteiger partial charge is 0.172 e. The molecular weight excluding hydrogens is 276 g/mol. The fourth-order valence-corrected chi connectivity index (χ4v) is 4.76. The first-order valence-corrected chi connectivity index (χ1v) is 8.11. The SMILES string of the molecule is O=C1C[C@H]2[C@@H](CCC23OCCO3)c2ccc3ccccc3c21. The fraction of sp³-hybridized carbons (Fsp3) is 0.421. The lowest BCUT2D eigenvalue weighted by molar-refractivity contribution is -0.182. The molecule has 1 aliphatic heterocycles. The molecule has 2 atom stereocenters. The molecule has 3 aliphatic rings. The lowest BCUT2D eigenvalue weighted by Crippen LogP contribution is -2.39. The summed E-state index contributed by atoms with van der Waals surface area (Å²) in [4.78, 5) is 12.9. The Morgan fingerprint density at radius 1 is 1.05 bits per heavy atom. The molecule has 5 rings (SSSR count). The molecule has 0 amide bonds. The van der Waals surface area contributed by atoms with Gasteiger partial charge in [-0.05, 0) is 28.7 Å². The van der Waals surface area contributed by atoms with E-state index in [0.29, 0.717) is 25.6 Å². The van der Waals surface area contributed by atoms with Gasteiger partial charge >= 0.3 is 0 Å². The Morgan fingerprint density at radius 3 is 2.73 bits per heavy atom. The summed E-state index contributed by atoms with van der Waals surface area (Å²) in [5.74, 6) is 0.309. The van der Waals surface area contributed by atoms with Gasteiger partial charge in [0.1, 0.15) is 0 Å². The van der Waals surface area contributed by atoms with E-state index in [9.17, 15) is 4.79 Å². The first-order chi connectivity index (χ1) is 10.8. The van der Waals surface area contributed by atoms with Crippen molar-refractivity contribution in [2.24, 2.45) is 5.92 Å². The van der Waals surface area contributed by atoms with Gasteiger partial charge in [0.05, 0.1) is 13.2 Å². The topological polar surface area (TPSA) is 35.5 Å². The highest BCUT2D eigenvalue weighted by Gasteiger charge is 2.56. The van der Waals surface area contributed by atoms with Crippen LogP contribution >= 0.6 is 0 Å². The number of rotatable bonds is 0. The second-order valence-corrected chi connectivity index (χ2v) is 6.64. The van der Waals surface area contributed by atoms with Crippen molar-refractivity contribution in [3.05, 3.63) is 47.5 Å². The molecule has 0 N–H and O–H groups in total. The minimum Gasteiger partial charge on any atom is -0.347 e. The van der Waals surface area contributed by atoms with Crippen LogP contribution in [0.4, 0.5) is 0 Å². The van der Waals surface area contributed by atoms with E-state index >= 15 is 0 Å². The number of ketones is 1. The quantitative estimate of drug-likeness (QED) is 0.744. The molecule has 0 bridgehead atoms. The summed E-state index contributed by atoms with van der Waals surface area (Å²) in [5, 5.41) is 2.24. The molecular formula is C19H18O3. The van der Waals surface area contributed by atoms with E-state index < -0.39 is 5.79 Å². The van der Waals surface area contributed by atoms with Crippen molar-refractivity contribution in [2.45, 2.75) is 31.0 Å². The Balaban J connectivity index is 1.69. The van der Waals surface area contributed by atoms with Crippen LogP contribution in [0.15, 0.2) is 36.4 Å². The van der Waals surface area contributed by atoms with E-state index in [1.807, 2.05) is 12.1 Å². The van der Waals surface area contributed by atoms with Crippen LogP contribution in [0.3, 0.4) is 0 Å². The van der Waals surface area contributed by atoms with Gasteiger partial charge in [0.2, 0.25) is 0 Å². The first kappa shape index (κ1) is 12.8. The molecule has 22 heavy (non-hydrogen) atoms. The van der Waals surface area contributed by atoms with Gasteiger partial charge in [-0.3, -0.25) is 4.79 Å². The molecule has 0 radical (unpaired) electrons. The molecule has 0 unspecified atom stereocenters. The third-order valence-corrected chi connectivity index (χ3v) is 5.68. The van der Waals surface area contributed by atoms with Crippen molar-refractivity contribution in [2.75, 3.05) is 13.2 Å². The van der Waals surface area contributed by atoms with Gasteiger partial charge in [-0.2, -0.15) is 0 Å². The van der Waals surface area contributed by atoms with E-state index in [2.05, 4.69) is 24.3 Å². The average molecular weight is 294 g/mol. The maximum Gasteiger partial charge on any atom is 0.172 e. The highest BCUT2D eigenvalue weighted by molar-refractivity contribution is 6.10. The van der Waals surface area contributed by atoms with Crippen molar-refractivity contribution in [3.8, 4) is 0 Å². The van der Waals surface area contributed by atoms with Crippen LogP contribution in [0, 0.1) is 5.92 Å². The van der Waals surface area contributed by atoms with Crippen LogP contribution < -0.4 is 0 Å². The second kappa shape index (κ2) is 4.40. The summed E-state index contributed by atoms with van der Waals surface area (Å²) in [6.07, 6.45) is 2.50. The van der Waals surface area contributed by atoms with Gasteiger partial charge in [-0.25, -0.2) is 0 Å². The van der Waals surface area contributed by atoms with Crippen molar-refractivity contribution in [1.29, 1.82) is 0 Å². The second-order valence-electron chi connectivity index (χ2n) is 6.64. The maximum atomic E-state index is 12.9. The molecule has 2 aliphatic carbocycles. The zero-order valence-corrected chi connectivity index (χ0v) is 12.4. The van der Waals surface area contributed by atoms with Gasteiger partial charge in [0.25, 0.3) is 0 Å². The van der Waals surface area contributed by atoms with Crippen LogP contribution in [0.2, 0.25) is 0 Å². The number of carbonyl (C=O) groups excluding carboxylic acids is 1. The maximum absolute atomic E-state index is 12.9. The summed E-state index contributed by atoms with van der Waals surface area (Å²) in [5.41, 5.74) is 2.14. The highest BCUT2D eigenvalue weighted by Crippen LogP contribution is 2.55. The number of carbonyl (C=O) groups is 1. The number of hydrogen-bond acceptors (Lipinski definition) is 3. The predicted octanol–water partition coefficient (Wildman–Crippen LogP) is 3.66. The van der Waals surface area contributed by atoms with E-state index in [0.717, 1.165) is 29.2 Å². The summed E-state index contributed by atoms with van der Waals surface area (Å²) in [6, 6.07) is 12.5. The minimum atomic E-state index is -0.496. The average Bonchev–Trinajstić information content (AvgIpc) is 3.16. The highest BCUT2D eigenvalue weighted by atomic mass is 16.7. The molecule has 1 heterocycles. The van der Waals surface area contributed by atoms with Crippen molar-refractivity contribution in [1.82, 2.24) is 0 Å². The van der Waals surface area contributed by atoms with Gasteiger partial charge in [0, 0.05) is 24.3 Å². The largest absolute Gasteiger partial charge is 0.347 e. The number of ether oxygens (including phenoxy) is 2. The Kier molecular flexibility index (Phi) is 2.56. The molecule has 3 nitrogen and oxygen atoms in total. The molecule has 1 spiro atoms. The van der Waals surface area contributed by atoms with Crippen molar-refractivity contribution < 1.29 is 14.3 Å². The van der Waals surface area contributed by atoms with E-state index in [4.69, 9.17) is 9.47 Å². The van der Waals surface area contributed by atoms with Gasteiger partial charge < -0.3 is 9.47 Å². The molecule has 3 heteroatoms. The lowest BCUT2D eigenvalue weighted by atomic mass is 9.73. The Morgan fingerprint density at radius 2 is 1.86 bits per heavy atom. The van der Waals surface area contributed by atoms with Crippen molar-refractivity contribution >= 4 is 16.6 Å².